The Morgan fingerprint density at radius 2 is 2.12 bits per heavy atom. The summed E-state index contributed by atoms with van der Waals surface area (Å²) in [5, 5.41) is 4.15. The van der Waals surface area contributed by atoms with E-state index in [0.29, 0.717) is 5.92 Å². The number of hydrogen-bond donors (Lipinski definition) is 2. The van der Waals surface area contributed by atoms with E-state index in [1.54, 1.807) is 5.57 Å². The summed E-state index contributed by atoms with van der Waals surface area (Å²) < 4.78 is 0. The summed E-state index contributed by atoms with van der Waals surface area (Å²) in [6, 6.07) is -0.577. The van der Waals surface area contributed by atoms with Crippen molar-refractivity contribution in [3.63, 3.8) is 0 Å². The normalized spacial score (nSPS) is 30.6. The molecule has 0 saturated heterocycles. The smallest absolute Gasteiger partial charge is 0.332 e. The minimum absolute atomic E-state index is 0.454. The van der Waals surface area contributed by atoms with Gasteiger partial charge in [-0.15, -0.1) is 0 Å². The van der Waals surface area contributed by atoms with Crippen LogP contribution >= 0.6 is 0 Å². The first-order valence-electron chi connectivity index (χ1n) is 5.88. The molecule has 0 heterocycles. The maximum atomic E-state index is 10.7. The number of carbonyl (C=O) groups excluding carboxylic acids is 1. The number of rotatable bonds is 1. The van der Waals surface area contributed by atoms with Gasteiger partial charge in [-0.3, -0.25) is 0 Å². The van der Waals surface area contributed by atoms with Crippen LogP contribution in [-0.4, -0.2) is 11.7 Å². The van der Waals surface area contributed by atoms with Crippen LogP contribution in [0.2, 0.25) is 0 Å². The highest BCUT2D eigenvalue weighted by Crippen LogP contribution is 2.46. The summed E-state index contributed by atoms with van der Waals surface area (Å²) in [6.07, 6.45) is 4.59. The molecule has 2 rings (SSSR count). The highest BCUT2D eigenvalue weighted by atomic mass is 16.2. The van der Waals surface area contributed by atoms with E-state index in [2.05, 4.69) is 24.4 Å². The van der Waals surface area contributed by atoms with Gasteiger partial charge in [0.15, 0.2) is 0 Å². The maximum Gasteiger partial charge on any atom is 0.332 e. The molecule has 2 fully saturated rings. The molecule has 2 aliphatic rings. The zero-order chi connectivity index (χ0) is 11.7. The average molecular weight is 221 g/mol. The summed E-state index contributed by atoms with van der Waals surface area (Å²) in [5.41, 5.74) is 11.5. The van der Waals surface area contributed by atoms with Crippen molar-refractivity contribution in [2.75, 3.05) is 0 Å². The van der Waals surface area contributed by atoms with Crippen LogP contribution in [0, 0.1) is 11.8 Å². The van der Waals surface area contributed by atoms with Gasteiger partial charge in [-0.2, -0.15) is 5.10 Å². The van der Waals surface area contributed by atoms with Crippen LogP contribution in [0.15, 0.2) is 16.2 Å². The van der Waals surface area contributed by atoms with Crippen molar-refractivity contribution in [1.29, 1.82) is 0 Å². The molecule has 88 valence electrons. The van der Waals surface area contributed by atoms with Gasteiger partial charge < -0.3 is 5.73 Å². The highest BCUT2D eigenvalue weighted by molar-refractivity contribution is 5.92. The first-order valence-corrected chi connectivity index (χ1v) is 5.88. The minimum Gasteiger partial charge on any atom is -0.350 e. The lowest BCUT2D eigenvalue weighted by Crippen LogP contribution is -2.29. The van der Waals surface area contributed by atoms with E-state index >= 15 is 0 Å². The van der Waals surface area contributed by atoms with E-state index in [9.17, 15) is 4.79 Å². The van der Waals surface area contributed by atoms with E-state index in [4.69, 9.17) is 5.73 Å². The zero-order valence-corrected chi connectivity index (χ0v) is 9.92. The lowest BCUT2D eigenvalue weighted by atomic mass is 9.80. The molecule has 2 saturated carbocycles. The van der Waals surface area contributed by atoms with Gasteiger partial charge in [0.25, 0.3) is 0 Å². The number of carbonyl (C=O) groups is 1. The van der Waals surface area contributed by atoms with Crippen molar-refractivity contribution in [2.24, 2.45) is 22.7 Å². The van der Waals surface area contributed by atoms with Gasteiger partial charge in [-0.05, 0) is 45.4 Å². The number of hydrogen-bond acceptors (Lipinski definition) is 2. The quantitative estimate of drug-likeness (QED) is 0.517. The Kier molecular flexibility index (Phi) is 2.99. The fourth-order valence-corrected chi connectivity index (χ4v) is 3.12. The number of urea groups is 1. The topological polar surface area (TPSA) is 67.5 Å². The molecular formula is C12H19N3O. The van der Waals surface area contributed by atoms with Crippen LogP contribution in [-0.2, 0) is 0 Å². The molecule has 2 atom stereocenters. The van der Waals surface area contributed by atoms with Crippen LogP contribution in [0.5, 0.6) is 0 Å². The molecule has 2 aliphatic carbocycles. The van der Waals surface area contributed by atoms with Crippen LogP contribution in [0.1, 0.15) is 39.5 Å². The highest BCUT2D eigenvalue weighted by Gasteiger charge is 2.38. The Hall–Kier alpha value is -1.32. The third-order valence-corrected chi connectivity index (χ3v) is 3.66. The van der Waals surface area contributed by atoms with Gasteiger partial charge in [-0.25, -0.2) is 10.2 Å². The molecule has 2 bridgehead atoms. The maximum absolute atomic E-state index is 10.7. The number of nitrogens with two attached hydrogens (primary N) is 1. The molecule has 0 spiro atoms. The van der Waals surface area contributed by atoms with E-state index in [1.807, 2.05) is 0 Å². The predicted octanol–water partition coefficient (Wildman–Crippen LogP) is 2.17. The number of fused-ring (bicyclic) bond motifs is 2. The van der Waals surface area contributed by atoms with Crippen molar-refractivity contribution < 1.29 is 4.79 Å². The standard InChI is InChI=1S/C12H19N3O/c1-7(2)11-8-3-5-9(11)10(6-4-8)14-15-12(13)16/h8-9H,3-6H2,1-2H3,(H3,13,15,16)/b14-10+. The molecule has 2 amide bonds. The summed E-state index contributed by atoms with van der Waals surface area (Å²) in [6.45, 7) is 4.34. The SMILES string of the molecule is CC(C)=C1C2CC/C(=N\NC(N)=O)C1CC2. The molecule has 0 aromatic rings. The van der Waals surface area contributed by atoms with Crippen LogP contribution in [0.25, 0.3) is 0 Å². The second kappa shape index (κ2) is 4.28. The number of nitrogens with zero attached hydrogens (tertiary/aromatic N) is 1. The van der Waals surface area contributed by atoms with Gasteiger partial charge in [0.1, 0.15) is 0 Å². The second-order valence-electron chi connectivity index (χ2n) is 4.90. The Bertz CT molecular complexity index is 366. The van der Waals surface area contributed by atoms with Gasteiger partial charge >= 0.3 is 6.03 Å². The Morgan fingerprint density at radius 1 is 1.38 bits per heavy atom. The van der Waals surface area contributed by atoms with Crippen LogP contribution in [0.3, 0.4) is 0 Å². The third kappa shape index (κ3) is 1.96. The summed E-state index contributed by atoms with van der Waals surface area (Å²) in [7, 11) is 0. The molecule has 0 aliphatic heterocycles. The summed E-state index contributed by atoms with van der Waals surface area (Å²) >= 11 is 0. The second-order valence-corrected chi connectivity index (χ2v) is 4.90. The van der Waals surface area contributed by atoms with E-state index in [1.165, 1.54) is 18.4 Å². The summed E-state index contributed by atoms with van der Waals surface area (Å²) in [5.74, 6) is 1.21. The van der Waals surface area contributed by atoms with E-state index in [-0.39, 0.29) is 0 Å². The number of nitrogens with one attached hydrogen (secondary N) is 1. The summed E-state index contributed by atoms with van der Waals surface area (Å²) in [4.78, 5) is 10.7. The molecule has 3 N–H and O–H groups in total. The first-order chi connectivity index (χ1) is 7.59. The predicted molar refractivity (Wildman–Crippen MR) is 64.0 cm³/mol. The zero-order valence-electron chi connectivity index (χ0n) is 9.92. The van der Waals surface area contributed by atoms with Crippen LogP contribution < -0.4 is 11.2 Å². The van der Waals surface area contributed by atoms with Crippen molar-refractivity contribution >= 4 is 11.7 Å². The van der Waals surface area contributed by atoms with Crippen molar-refractivity contribution in [3.05, 3.63) is 11.1 Å². The molecule has 16 heavy (non-hydrogen) atoms. The Labute approximate surface area is 96.0 Å². The monoisotopic (exact) mass is 221 g/mol. The van der Waals surface area contributed by atoms with E-state index < -0.39 is 6.03 Å². The molecule has 0 aromatic heterocycles. The van der Waals surface area contributed by atoms with Gasteiger partial charge in [0.2, 0.25) is 0 Å². The lowest BCUT2D eigenvalue weighted by Gasteiger charge is -2.26. The molecule has 4 nitrogen and oxygen atoms in total. The van der Waals surface area contributed by atoms with Gasteiger partial charge in [0.05, 0.1) is 0 Å². The minimum atomic E-state index is -0.577. The molecule has 2 unspecified atom stereocenters. The number of amides is 2. The Balaban J connectivity index is 2.22. The molecule has 0 aromatic carbocycles. The fraction of sp³-hybridized carbons (Fsp3) is 0.667. The lowest BCUT2D eigenvalue weighted by molar-refractivity contribution is 0.249. The average Bonchev–Trinajstić information content (AvgIpc) is 2.53. The number of hydrazone groups is 1. The van der Waals surface area contributed by atoms with Crippen LogP contribution in [0.4, 0.5) is 4.79 Å². The molecule has 4 heteroatoms. The number of primary amides is 1. The number of allylic oxidation sites excluding steroid dienone is 2. The van der Waals surface area contributed by atoms with E-state index in [0.717, 1.165) is 24.5 Å². The fourth-order valence-electron chi connectivity index (χ4n) is 3.12. The van der Waals surface area contributed by atoms with Gasteiger partial charge in [-0.1, -0.05) is 11.1 Å². The first kappa shape index (κ1) is 11.2. The largest absolute Gasteiger partial charge is 0.350 e. The van der Waals surface area contributed by atoms with Crippen molar-refractivity contribution in [2.45, 2.75) is 39.5 Å². The molecular weight excluding hydrogens is 202 g/mol. The Morgan fingerprint density at radius 3 is 2.75 bits per heavy atom. The van der Waals surface area contributed by atoms with Gasteiger partial charge in [0, 0.05) is 11.6 Å². The third-order valence-electron chi connectivity index (χ3n) is 3.66. The molecule has 0 radical (unpaired) electrons. The van der Waals surface area contributed by atoms with Crippen molar-refractivity contribution in [1.82, 2.24) is 5.43 Å². The van der Waals surface area contributed by atoms with Crippen molar-refractivity contribution in [3.8, 4) is 0 Å².